The second-order valence-corrected chi connectivity index (χ2v) is 8.24. The molecule has 1 atom stereocenters. The van der Waals surface area contributed by atoms with Gasteiger partial charge in [-0.3, -0.25) is 4.79 Å². The number of nitrogens with two attached hydrogens (primary N) is 1. The van der Waals surface area contributed by atoms with Crippen molar-refractivity contribution in [2.75, 3.05) is 26.2 Å². The standard InChI is InChI=1S/C17H22N4O4S.ClH/c18-16(12-14-4-2-1-3-5-14)17(22)20-7-9-21(10-8-20)26(23,24)13-15-6-11-25-19-15;/h1-6,11,16H,7-10,12-13,18H2;1H/t16-;/m0./s1. The van der Waals surface area contributed by atoms with E-state index in [2.05, 4.69) is 9.68 Å². The van der Waals surface area contributed by atoms with Gasteiger partial charge in [-0.2, -0.15) is 4.31 Å². The molecule has 8 nitrogen and oxygen atoms in total. The van der Waals surface area contributed by atoms with Crippen molar-refractivity contribution in [3.05, 3.63) is 53.9 Å². The van der Waals surface area contributed by atoms with Crippen LogP contribution < -0.4 is 5.73 Å². The van der Waals surface area contributed by atoms with Crippen LogP contribution in [0.1, 0.15) is 11.3 Å². The maximum Gasteiger partial charge on any atom is 0.239 e. The minimum atomic E-state index is -3.48. The Hall–Kier alpha value is -1.94. The molecule has 0 radical (unpaired) electrons. The zero-order valence-electron chi connectivity index (χ0n) is 14.7. The number of aromatic nitrogens is 1. The number of benzene rings is 1. The van der Waals surface area contributed by atoms with Gasteiger partial charge in [0.2, 0.25) is 15.9 Å². The van der Waals surface area contributed by atoms with Crippen LogP contribution in [-0.2, 0) is 27.0 Å². The highest BCUT2D eigenvalue weighted by Crippen LogP contribution is 2.14. The Kier molecular flexibility index (Phi) is 7.37. The van der Waals surface area contributed by atoms with Crippen molar-refractivity contribution in [3.63, 3.8) is 0 Å². The average Bonchev–Trinajstić information content (AvgIpc) is 3.14. The van der Waals surface area contributed by atoms with Gasteiger partial charge in [0.1, 0.15) is 12.0 Å². The average molecular weight is 415 g/mol. The van der Waals surface area contributed by atoms with Gasteiger partial charge in [-0.25, -0.2) is 8.42 Å². The van der Waals surface area contributed by atoms with Crippen molar-refractivity contribution in [2.24, 2.45) is 5.73 Å². The molecule has 3 rings (SSSR count). The molecule has 0 spiro atoms. The van der Waals surface area contributed by atoms with Crippen LogP contribution in [0.15, 0.2) is 47.2 Å². The van der Waals surface area contributed by atoms with E-state index in [0.717, 1.165) is 5.56 Å². The van der Waals surface area contributed by atoms with Gasteiger partial charge in [-0.05, 0) is 12.0 Å². The zero-order valence-corrected chi connectivity index (χ0v) is 16.4. The first-order valence-electron chi connectivity index (χ1n) is 8.41. The van der Waals surface area contributed by atoms with E-state index in [-0.39, 0.29) is 37.2 Å². The molecule has 1 aliphatic rings. The van der Waals surface area contributed by atoms with Crippen molar-refractivity contribution in [1.82, 2.24) is 14.4 Å². The van der Waals surface area contributed by atoms with Crippen molar-refractivity contribution in [2.45, 2.75) is 18.2 Å². The summed E-state index contributed by atoms with van der Waals surface area (Å²) in [5, 5.41) is 3.64. The molecule has 0 unspecified atom stereocenters. The van der Waals surface area contributed by atoms with Crippen LogP contribution in [-0.4, -0.2) is 60.9 Å². The van der Waals surface area contributed by atoms with Crippen LogP contribution in [0.25, 0.3) is 0 Å². The molecular weight excluding hydrogens is 392 g/mol. The topological polar surface area (TPSA) is 110 Å². The number of carbonyl (C=O) groups is 1. The minimum absolute atomic E-state index is 0. The fraction of sp³-hybridized carbons (Fsp3) is 0.412. The summed E-state index contributed by atoms with van der Waals surface area (Å²) in [5.74, 6) is -0.354. The number of nitrogens with zero attached hydrogens (tertiary/aromatic N) is 3. The molecule has 2 heterocycles. The summed E-state index contributed by atoms with van der Waals surface area (Å²) in [5.41, 5.74) is 7.42. The van der Waals surface area contributed by atoms with Gasteiger partial charge in [0.25, 0.3) is 0 Å². The van der Waals surface area contributed by atoms with Crippen molar-refractivity contribution < 1.29 is 17.7 Å². The van der Waals surface area contributed by atoms with Crippen molar-refractivity contribution in [1.29, 1.82) is 0 Å². The van der Waals surface area contributed by atoms with E-state index in [1.165, 1.54) is 16.6 Å². The van der Waals surface area contributed by atoms with Crippen LogP contribution in [0.4, 0.5) is 0 Å². The summed E-state index contributed by atoms with van der Waals surface area (Å²) in [7, 11) is -3.48. The molecule has 10 heteroatoms. The fourth-order valence-corrected chi connectivity index (χ4v) is 4.39. The summed E-state index contributed by atoms with van der Waals surface area (Å²) in [6, 6.07) is 10.5. The van der Waals surface area contributed by atoms with Gasteiger partial charge < -0.3 is 15.2 Å². The molecule has 27 heavy (non-hydrogen) atoms. The molecule has 1 aliphatic heterocycles. The Bertz CT molecular complexity index is 822. The highest BCUT2D eigenvalue weighted by atomic mass is 35.5. The van der Waals surface area contributed by atoms with Gasteiger partial charge in [-0.15, -0.1) is 12.4 Å². The SMILES string of the molecule is Cl.N[C@@H](Cc1ccccc1)C(=O)N1CCN(S(=O)(=O)Cc2ccon2)CC1. The maximum absolute atomic E-state index is 12.5. The quantitative estimate of drug-likeness (QED) is 0.742. The molecule has 0 bridgehead atoms. The number of piperazine rings is 1. The van der Waals surface area contributed by atoms with E-state index in [9.17, 15) is 13.2 Å². The van der Waals surface area contributed by atoms with Crippen LogP contribution in [0.3, 0.4) is 0 Å². The van der Waals surface area contributed by atoms with E-state index >= 15 is 0 Å². The predicted octanol–water partition coefficient (Wildman–Crippen LogP) is 0.640. The molecule has 1 aromatic heterocycles. The summed E-state index contributed by atoms with van der Waals surface area (Å²) in [6.07, 6.45) is 1.81. The molecule has 0 aliphatic carbocycles. The van der Waals surface area contributed by atoms with Gasteiger partial charge in [0, 0.05) is 32.2 Å². The summed E-state index contributed by atoms with van der Waals surface area (Å²) in [4.78, 5) is 14.2. The van der Waals surface area contributed by atoms with E-state index in [1.54, 1.807) is 4.90 Å². The second-order valence-electron chi connectivity index (χ2n) is 6.27. The van der Waals surface area contributed by atoms with Crippen LogP contribution in [0.2, 0.25) is 0 Å². The van der Waals surface area contributed by atoms with E-state index in [1.807, 2.05) is 30.3 Å². The highest BCUT2D eigenvalue weighted by Gasteiger charge is 2.31. The molecule has 2 aromatic rings. The first-order chi connectivity index (χ1) is 12.5. The lowest BCUT2D eigenvalue weighted by atomic mass is 10.1. The Morgan fingerprint density at radius 1 is 1.15 bits per heavy atom. The number of sulfonamides is 1. The Morgan fingerprint density at radius 2 is 1.81 bits per heavy atom. The molecule has 1 amide bonds. The lowest BCUT2D eigenvalue weighted by Crippen LogP contribution is -2.54. The summed E-state index contributed by atoms with van der Waals surface area (Å²) < 4.78 is 30.9. The lowest BCUT2D eigenvalue weighted by Gasteiger charge is -2.35. The van der Waals surface area contributed by atoms with E-state index in [4.69, 9.17) is 5.73 Å². The zero-order chi connectivity index (χ0) is 18.6. The van der Waals surface area contributed by atoms with Crippen LogP contribution in [0.5, 0.6) is 0 Å². The minimum Gasteiger partial charge on any atom is -0.364 e. The third kappa shape index (κ3) is 5.52. The number of halogens is 1. The molecule has 2 N–H and O–H groups in total. The number of hydrogen-bond donors (Lipinski definition) is 1. The second kappa shape index (κ2) is 9.32. The number of rotatable bonds is 6. The van der Waals surface area contributed by atoms with Crippen LogP contribution >= 0.6 is 12.4 Å². The predicted molar refractivity (Wildman–Crippen MR) is 103 cm³/mol. The molecule has 148 valence electrons. The first-order valence-corrected chi connectivity index (χ1v) is 10.0. The molecule has 1 saturated heterocycles. The highest BCUT2D eigenvalue weighted by molar-refractivity contribution is 7.88. The Labute approximate surface area is 164 Å². The van der Waals surface area contributed by atoms with Gasteiger partial charge >= 0.3 is 0 Å². The smallest absolute Gasteiger partial charge is 0.239 e. The van der Waals surface area contributed by atoms with Gasteiger partial charge in [0.05, 0.1) is 11.7 Å². The maximum atomic E-state index is 12.5. The molecule has 1 aromatic carbocycles. The largest absolute Gasteiger partial charge is 0.364 e. The van der Waals surface area contributed by atoms with Crippen molar-refractivity contribution in [3.8, 4) is 0 Å². The van der Waals surface area contributed by atoms with E-state index < -0.39 is 16.1 Å². The first kappa shape index (κ1) is 21.4. The molecule has 1 fully saturated rings. The van der Waals surface area contributed by atoms with Gasteiger partial charge in [-0.1, -0.05) is 35.5 Å². The van der Waals surface area contributed by atoms with E-state index in [0.29, 0.717) is 25.2 Å². The normalized spacial score (nSPS) is 16.6. The van der Waals surface area contributed by atoms with Crippen molar-refractivity contribution >= 4 is 28.3 Å². The number of carbonyl (C=O) groups excluding carboxylic acids is 1. The monoisotopic (exact) mass is 414 g/mol. The number of amides is 1. The summed E-state index contributed by atoms with van der Waals surface area (Å²) >= 11 is 0. The molecule has 0 saturated carbocycles. The van der Waals surface area contributed by atoms with Crippen LogP contribution in [0, 0.1) is 0 Å². The lowest BCUT2D eigenvalue weighted by molar-refractivity contribution is -0.133. The Balaban J connectivity index is 0.00000261. The fourth-order valence-electron chi connectivity index (χ4n) is 2.97. The summed E-state index contributed by atoms with van der Waals surface area (Å²) in [6.45, 7) is 1.17. The number of hydrogen-bond acceptors (Lipinski definition) is 6. The third-order valence-electron chi connectivity index (χ3n) is 4.38. The Morgan fingerprint density at radius 3 is 2.41 bits per heavy atom. The van der Waals surface area contributed by atoms with Gasteiger partial charge in [0.15, 0.2) is 0 Å². The third-order valence-corrected chi connectivity index (χ3v) is 6.19. The molecular formula is C17H23ClN4O4S.